The van der Waals surface area contributed by atoms with Crippen molar-refractivity contribution in [3.8, 4) is 5.75 Å². The molecule has 0 bridgehead atoms. The Morgan fingerprint density at radius 2 is 2.09 bits per heavy atom. The van der Waals surface area contributed by atoms with Crippen molar-refractivity contribution < 1.29 is 14.6 Å². The highest BCUT2D eigenvalue weighted by atomic mass is 32.1. The van der Waals surface area contributed by atoms with Crippen LogP contribution < -0.4 is 10.1 Å². The summed E-state index contributed by atoms with van der Waals surface area (Å²) in [5.41, 5.74) is 0.249. The molecule has 124 valence electrons. The Bertz CT molecular complexity index is 626. The second kappa shape index (κ2) is 8.08. The van der Waals surface area contributed by atoms with Crippen LogP contribution >= 0.6 is 11.3 Å². The van der Waals surface area contributed by atoms with Gasteiger partial charge in [0.1, 0.15) is 17.4 Å². The van der Waals surface area contributed by atoms with Crippen LogP contribution in [-0.2, 0) is 17.9 Å². The molecule has 23 heavy (non-hydrogen) atoms. The first-order chi connectivity index (χ1) is 11.0. The van der Waals surface area contributed by atoms with Gasteiger partial charge in [-0.1, -0.05) is 18.2 Å². The Morgan fingerprint density at radius 1 is 1.35 bits per heavy atom. The van der Waals surface area contributed by atoms with Crippen molar-refractivity contribution in [2.24, 2.45) is 5.41 Å². The van der Waals surface area contributed by atoms with Crippen LogP contribution in [0, 0.1) is 5.41 Å². The largest absolute Gasteiger partial charge is 0.486 e. The van der Waals surface area contributed by atoms with Gasteiger partial charge < -0.3 is 15.2 Å². The van der Waals surface area contributed by atoms with Gasteiger partial charge in [0.15, 0.2) is 0 Å². The van der Waals surface area contributed by atoms with E-state index in [0.29, 0.717) is 26.1 Å². The summed E-state index contributed by atoms with van der Waals surface area (Å²) in [6, 6.07) is 9.66. The van der Waals surface area contributed by atoms with Crippen LogP contribution in [0.25, 0.3) is 0 Å². The van der Waals surface area contributed by atoms with Gasteiger partial charge >= 0.3 is 5.97 Å². The van der Waals surface area contributed by atoms with Gasteiger partial charge in [0.2, 0.25) is 0 Å². The maximum atomic E-state index is 11.0. The minimum absolute atomic E-state index is 0.459. The number of hydrogen-bond donors (Lipinski definition) is 2. The first-order valence-electron chi connectivity index (χ1n) is 7.52. The van der Waals surface area contributed by atoms with Gasteiger partial charge in [-0.15, -0.1) is 11.3 Å². The minimum atomic E-state index is -0.770. The van der Waals surface area contributed by atoms with Crippen molar-refractivity contribution in [3.05, 3.63) is 46.4 Å². The molecule has 0 atom stereocenters. The molecular weight excluding hydrogens is 312 g/mol. The van der Waals surface area contributed by atoms with Crippen LogP contribution in [0.5, 0.6) is 5.75 Å². The fraction of sp³-hybridized carbons (Fsp3) is 0.412. The molecule has 0 unspecified atom stereocenters. The highest BCUT2D eigenvalue weighted by Crippen LogP contribution is 2.19. The highest BCUT2D eigenvalue weighted by Gasteiger charge is 2.26. The lowest BCUT2D eigenvalue weighted by Gasteiger charge is -2.18. The number of hydrogen-bond acceptors (Lipinski definition) is 5. The van der Waals surface area contributed by atoms with Crippen molar-refractivity contribution in [1.29, 1.82) is 0 Å². The normalized spacial score (nSPS) is 11.4. The molecule has 1 aromatic heterocycles. The van der Waals surface area contributed by atoms with E-state index in [0.717, 1.165) is 16.5 Å². The molecule has 2 aromatic rings. The molecule has 1 aromatic carbocycles. The van der Waals surface area contributed by atoms with Crippen LogP contribution in [0.2, 0.25) is 0 Å². The van der Waals surface area contributed by atoms with E-state index in [-0.39, 0.29) is 0 Å². The Kier molecular flexibility index (Phi) is 6.12. The average Bonchev–Trinajstić information content (AvgIpc) is 2.98. The number of carbonyl (C=O) groups is 1. The number of carboxylic acids is 1. The third-order valence-corrected chi connectivity index (χ3v) is 4.39. The lowest BCUT2D eigenvalue weighted by Crippen LogP contribution is -2.28. The summed E-state index contributed by atoms with van der Waals surface area (Å²) < 4.78 is 5.66. The number of nitrogens with one attached hydrogen (secondary N) is 1. The number of para-hydroxylation sites is 1. The molecule has 0 amide bonds. The quantitative estimate of drug-likeness (QED) is 0.688. The topological polar surface area (TPSA) is 71.5 Å². The Morgan fingerprint density at radius 3 is 2.78 bits per heavy atom. The number of thiazole rings is 1. The summed E-state index contributed by atoms with van der Waals surface area (Å²) in [6.07, 6.45) is 0.580. The zero-order valence-corrected chi connectivity index (χ0v) is 14.2. The molecule has 6 heteroatoms. The predicted molar refractivity (Wildman–Crippen MR) is 90.6 cm³/mol. The first-order valence-corrected chi connectivity index (χ1v) is 8.40. The van der Waals surface area contributed by atoms with Gasteiger partial charge in [-0.05, 0) is 38.9 Å². The van der Waals surface area contributed by atoms with E-state index in [9.17, 15) is 4.79 Å². The SMILES string of the molecule is CC(C)(CCNCc1csc(COc2ccccc2)n1)C(=O)O. The van der Waals surface area contributed by atoms with E-state index in [4.69, 9.17) is 9.84 Å². The van der Waals surface area contributed by atoms with Crippen LogP contribution in [0.1, 0.15) is 31.0 Å². The Hall–Kier alpha value is -1.92. The summed E-state index contributed by atoms with van der Waals surface area (Å²) in [5.74, 6) is 0.0617. The molecule has 0 spiro atoms. The van der Waals surface area contributed by atoms with E-state index in [1.54, 1.807) is 25.2 Å². The summed E-state index contributed by atoms with van der Waals surface area (Å²) in [4.78, 5) is 15.5. The van der Waals surface area contributed by atoms with Crippen molar-refractivity contribution in [3.63, 3.8) is 0 Å². The van der Waals surface area contributed by atoms with Crippen molar-refractivity contribution >= 4 is 17.3 Å². The highest BCUT2D eigenvalue weighted by molar-refractivity contribution is 7.09. The van der Waals surface area contributed by atoms with Crippen molar-refractivity contribution in [1.82, 2.24) is 10.3 Å². The summed E-state index contributed by atoms with van der Waals surface area (Å²) in [6.45, 7) is 5.21. The first kappa shape index (κ1) is 17.4. The molecule has 0 radical (unpaired) electrons. The Balaban J connectivity index is 1.71. The van der Waals surface area contributed by atoms with E-state index >= 15 is 0 Å². The smallest absolute Gasteiger partial charge is 0.309 e. The molecular formula is C17H22N2O3S. The second-order valence-corrected chi connectivity index (χ2v) is 6.89. The molecule has 5 nitrogen and oxygen atoms in total. The standard InChI is InChI=1S/C17H22N2O3S/c1-17(2,16(20)21)8-9-18-10-13-12-23-15(19-13)11-22-14-6-4-3-5-7-14/h3-7,12,18H,8-11H2,1-2H3,(H,20,21). The zero-order valence-electron chi connectivity index (χ0n) is 13.4. The Labute approximate surface area is 140 Å². The van der Waals surface area contributed by atoms with Crippen molar-refractivity contribution in [2.75, 3.05) is 6.54 Å². The number of nitrogens with zero attached hydrogens (tertiary/aromatic N) is 1. The molecule has 0 aliphatic rings. The summed E-state index contributed by atoms with van der Waals surface area (Å²) in [5, 5.41) is 15.2. The summed E-state index contributed by atoms with van der Waals surface area (Å²) >= 11 is 1.57. The number of benzene rings is 1. The lowest BCUT2D eigenvalue weighted by atomic mass is 9.90. The van der Waals surface area contributed by atoms with Gasteiger partial charge in [-0.3, -0.25) is 4.79 Å². The fourth-order valence-corrected chi connectivity index (χ4v) is 2.59. The molecule has 0 aliphatic carbocycles. The van der Waals surface area contributed by atoms with Gasteiger partial charge in [0.05, 0.1) is 11.1 Å². The zero-order chi connectivity index (χ0) is 16.7. The average molecular weight is 334 g/mol. The van der Waals surface area contributed by atoms with E-state index in [1.165, 1.54) is 0 Å². The number of aliphatic carboxylic acids is 1. The number of ether oxygens (including phenoxy) is 1. The number of aromatic nitrogens is 1. The summed E-state index contributed by atoms with van der Waals surface area (Å²) in [7, 11) is 0. The van der Waals surface area contributed by atoms with Crippen LogP contribution in [0.3, 0.4) is 0 Å². The molecule has 2 N–H and O–H groups in total. The van der Waals surface area contributed by atoms with Gasteiger partial charge in [0.25, 0.3) is 0 Å². The van der Waals surface area contributed by atoms with E-state index < -0.39 is 11.4 Å². The number of carboxylic acid groups (broad SMARTS) is 1. The maximum Gasteiger partial charge on any atom is 0.309 e. The predicted octanol–water partition coefficient (Wildman–Crippen LogP) is 3.31. The fourth-order valence-electron chi connectivity index (χ4n) is 1.88. The molecule has 0 saturated heterocycles. The molecule has 0 saturated carbocycles. The molecule has 0 fully saturated rings. The van der Waals surface area contributed by atoms with Gasteiger partial charge in [-0.25, -0.2) is 4.98 Å². The third kappa shape index (κ3) is 5.65. The minimum Gasteiger partial charge on any atom is -0.486 e. The molecule has 0 aliphatic heterocycles. The lowest BCUT2D eigenvalue weighted by molar-refractivity contribution is -0.147. The second-order valence-electron chi connectivity index (χ2n) is 5.95. The molecule has 2 rings (SSSR count). The third-order valence-electron chi connectivity index (χ3n) is 3.52. The maximum absolute atomic E-state index is 11.0. The van der Waals surface area contributed by atoms with Crippen LogP contribution in [0.15, 0.2) is 35.7 Å². The van der Waals surface area contributed by atoms with Crippen LogP contribution in [-0.4, -0.2) is 22.6 Å². The molecule has 1 heterocycles. The van der Waals surface area contributed by atoms with E-state index in [1.807, 2.05) is 35.7 Å². The number of rotatable bonds is 9. The van der Waals surface area contributed by atoms with Gasteiger partial charge in [0, 0.05) is 11.9 Å². The van der Waals surface area contributed by atoms with Gasteiger partial charge in [-0.2, -0.15) is 0 Å². The monoisotopic (exact) mass is 334 g/mol. The van der Waals surface area contributed by atoms with Crippen LogP contribution in [0.4, 0.5) is 0 Å². The van der Waals surface area contributed by atoms with E-state index in [2.05, 4.69) is 10.3 Å². The van der Waals surface area contributed by atoms with Crippen molar-refractivity contribution in [2.45, 2.75) is 33.4 Å².